The Labute approximate surface area is 96.3 Å². The highest BCUT2D eigenvalue weighted by Gasteiger charge is 2.12. The molecule has 3 aromatic rings. The lowest BCUT2D eigenvalue weighted by Gasteiger charge is -2.03. The van der Waals surface area contributed by atoms with Gasteiger partial charge in [0.25, 0.3) is 5.91 Å². The van der Waals surface area contributed by atoms with E-state index in [1.165, 1.54) is 10.9 Å². The number of imidazole rings is 1. The number of hydrogen-bond acceptors (Lipinski definition) is 4. The largest absolute Gasteiger partial charge is 0.383 e. The first-order chi connectivity index (χ1) is 8.25. The second-order valence-electron chi connectivity index (χ2n) is 3.61. The summed E-state index contributed by atoms with van der Waals surface area (Å²) in [5.74, 6) is 0.0691. The van der Waals surface area contributed by atoms with Gasteiger partial charge in [0.2, 0.25) is 0 Å². The topological polar surface area (TPSA) is 78.2 Å². The molecule has 3 rings (SSSR count). The number of anilines is 1. The van der Waals surface area contributed by atoms with Crippen LogP contribution in [-0.2, 0) is 0 Å². The lowest BCUT2D eigenvalue weighted by molar-refractivity contribution is 0.0948. The van der Waals surface area contributed by atoms with Gasteiger partial charge in [0.1, 0.15) is 5.82 Å². The van der Waals surface area contributed by atoms with Gasteiger partial charge in [-0.15, -0.1) is 0 Å². The highest BCUT2D eigenvalue weighted by Crippen LogP contribution is 2.10. The van der Waals surface area contributed by atoms with Gasteiger partial charge in [-0.25, -0.2) is 4.98 Å². The first-order valence-electron chi connectivity index (χ1n) is 5.01. The molecule has 6 nitrogen and oxygen atoms in total. The van der Waals surface area contributed by atoms with E-state index in [1.807, 2.05) is 4.40 Å². The Balaban J connectivity index is 2.09. The SMILES string of the molecule is Nc1ccnn1C(=O)c1ccn2cncc2c1. The fourth-order valence-corrected chi connectivity index (χ4v) is 1.66. The van der Waals surface area contributed by atoms with Crippen molar-refractivity contribution < 1.29 is 4.79 Å². The number of rotatable bonds is 1. The maximum absolute atomic E-state index is 12.1. The minimum Gasteiger partial charge on any atom is -0.383 e. The first-order valence-corrected chi connectivity index (χ1v) is 5.01. The molecule has 0 radical (unpaired) electrons. The van der Waals surface area contributed by atoms with Crippen LogP contribution < -0.4 is 5.73 Å². The van der Waals surface area contributed by atoms with Crippen LogP contribution in [0.5, 0.6) is 0 Å². The third kappa shape index (κ3) is 1.46. The summed E-state index contributed by atoms with van der Waals surface area (Å²) in [5.41, 5.74) is 7.00. The van der Waals surface area contributed by atoms with Crippen LogP contribution in [0.15, 0.2) is 43.1 Å². The molecular weight excluding hydrogens is 218 g/mol. The summed E-state index contributed by atoms with van der Waals surface area (Å²) in [6, 6.07) is 5.03. The molecule has 84 valence electrons. The molecule has 0 aliphatic carbocycles. The predicted molar refractivity (Wildman–Crippen MR) is 61.6 cm³/mol. The molecule has 0 aliphatic heterocycles. The van der Waals surface area contributed by atoms with E-state index < -0.39 is 0 Å². The van der Waals surface area contributed by atoms with Crippen LogP contribution in [0.3, 0.4) is 0 Å². The Morgan fingerprint density at radius 2 is 2.24 bits per heavy atom. The number of aromatic nitrogens is 4. The van der Waals surface area contributed by atoms with E-state index in [-0.39, 0.29) is 5.91 Å². The lowest BCUT2D eigenvalue weighted by Crippen LogP contribution is -2.16. The number of pyridine rings is 1. The zero-order chi connectivity index (χ0) is 11.8. The number of hydrogen-bond donors (Lipinski definition) is 1. The van der Waals surface area contributed by atoms with Crippen molar-refractivity contribution in [3.63, 3.8) is 0 Å². The van der Waals surface area contributed by atoms with Crippen molar-refractivity contribution in [1.29, 1.82) is 0 Å². The van der Waals surface area contributed by atoms with Crippen molar-refractivity contribution >= 4 is 17.2 Å². The maximum atomic E-state index is 12.1. The fraction of sp³-hybridized carbons (Fsp3) is 0. The standard InChI is InChI=1S/C11H9N5O/c12-10-1-3-14-16(10)11(17)8-2-4-15-7-13-6-9(15)5-8/h1-7H,12H2. The molecule has 0 spiro atoms. The predicted octanol–water partition coefficient (Wildman–Crippen LogP) is 0.802. The molecule has 6 heteroatoms. The van der Waals surface area contributed by atoms with Crippen LogP contribution in [0, 0.1) is 0 Å². The molecule has 0 saturated carbocycles. The molecule has 17 heavy (non-hydrogen) atoms. The van der Waals surface area contributed by atoms with E-state index in [0.29, 0.717) is 11.4 Å². The summed E-state index contributed by atoms with van der Waals surface area (Å²) in [6.07, 6.45) is 6.62. The Kier molecular flexibility index (Phi) is 1.94. The molecule has 3 aromatic heterocycles. The van der Waals surface area contributed by atoms with Crippen molar-refractivity contribution in [2.45, 2.75) is 0 Å². The van der Waals surface area contributed by atoms with Crippen LogP contribution in [0.25, 0.3) is 5.52 Å². The molecule has 0 bridgehead atoms. The molecular formula is C11H9N5O. The summed E-state index contributed by atoms with van der Waals surface area (Å²) in [4.78, 5) is 16.1. The van der Waals surface area contributed by atoms with Crippen LogP contribution >= 0.6 is 0 Å². The van der Waals surface area contributed by atoms with Crippen LogP contribution in [0.2, 0.25) is 0 Å². The molecule has 0 aliphatic rings. The Morgan fingerprint density at radius 3 is 3.00 bits per heavy atom. The van der Waals surface area contributed by atoms with Gasteiger partial charge in [-0.2, -0.15) is 9.78 Å². The van der Waals surface area contributed by atoms with E-state index in [0.717, 1.165) is 5.52 Å². The van der Waals surface area contributed by atoms with Gasteiger partial charge < -0.3 is 10.1 Å². The molecule has 2 N–H and O–H groups in total. The quantitative estimate of drug-likeness (QED) is 0.667. The molecule has 0 atom stereocenters. The Hall–Kier alpha value is -2.63. The summed E-state index contributed by atoms with van der Waals surface area (Å²) in [5, 5.41) is 3.88. The third-order valence-corrected chi connectivity index (χ3v) is 2.53. The molecule has 0 saturated heterocycles. The second kappa shape index (κ2) is 3.44. The van der Waals surface area contributed by atoms with E-state index in [2.05, 4.69) is 10.1 Å². The summed E-state index contributed by atoms with van der Waals surface area (Å²) in [7, 11) is 0. The van der Waals surface area contributed by atoms with Gasteiger partial charge in [-0.3, -0.25) is 4.79 Å². The average Bonchev–Trinajstić information content (AvgIpc) is 2.95. The summed E-state index contributed by atoms with van der Waals surface area (Å²) < 4.78 is 2.99. The van der Waals surface area contributed by atoms with E-state index in [9.17, 15) is 4.79 Å². The Bertz CT molecular complexity index is 697. The lowest BCUT2D eigenvalue weighted by atomic mass is 10.2. The van der Waals surface area contributed by atoms with Gasteiger partial charge in [0.15, 0.2) is 0 Å². The number of nitrogens with two attached hydrogens (primary N) is 1. The third-order valence-electron chi connectivity index (χ3n) is 2.53. The minimum absolute atomic E-state index is 0.254. The number of carbonyl (C=O) groups excluding carboxylic acids is 1. The summed E-state index contributed by atoms with van der Waals surface area (Å²) in [6.45, 7) is 0. The number of nitrogen functional groups attached to an aromatic ring is 1. The van der Waals surface area contributed by atoms with Gasteiger partial charge in [-0.05, 0) is 12.1 Å². The minimum atomic E-state index is -0.254. The van der Waals surface area contributed by atoms with Crippen molar-refractivity contribution in [1.82, 2.24) is 19.2 Å². The Morgan fingerprint density at radius 1 is 1.35 bits per heavy atom. The molecule has 0 unspecified atom stereocenters. The van der Waals surface area contributed by atoms with E-state index >= 15 is 0 Å². The first kappa shape index (κ1) is 9.59. The molecule has 0 aromatic carbocycles. The van der Waals surface area contributed by atoms with Crippen LogP contribution in [-0.4, -0.2) is 25.1 Å². The second-order valence-corrected chi connectivity index (χ2v) is 3.61. The highest BCUT2D eigenvalue weighted by atomic mass is 16.2. The van der Waals surface area contributed by atoms with Crippen molar-refractivity contribution in [2.24, 2.45) is 0 Å². The number of fused-ring (bicyclic) bond motifs is 1. The monoisotopic (exact) mass is 227 g/mol. The zero-order valence-corrected chi connectivity index (χ0v) is 8.82. The average molecular weight is 227 g/mol. The number of nitrogens with zero attached hydrogens (tertiary/aromatic N) is 4. The van der Waals surface area contributed by atoms with Crippen molar-refractivity contribution in [2.75, 3.05) is 5.73 Å². The zero-order valence-electron chi connectivity index (χ0n) is 8.82. The van der Waals surface area contributed by atoms with E-state index in [4.69, 9.17) is 5.73 Å². The highest BCUT2D eigenvalue weighted by molar-refractivity contribution is 5.97. The van der Waals surface area contributed by atoms with Crippen LogP contribution in [0.4, 0.5) is 5.82 Å². The van der Waals surface area contributed by atoms with Crippen molar-refractivity contribution in [3.05, 3.63) is 48.7 Å². The van der Waals surface area contributed by atoms with Crippen LogP contribution in [0.1, 0.15) is 10.4 Å². The van der Waals surface area contributed by atoms with Gasteiger partial charge >= 0.3 is 0 Å². The van der Waals surface area contributed by atoms with E-state index in [1.54, 1.807) is 36.9 Å². The fourth-order valence-electron chi connectivity index (χ4n) is 1.66. The van der Waals surface area contributed by atoms with Crippen molar-refractivity contribution in [3.8, 4) is 0 Å². The van der Waals surface area contributed by atoms with Gasteiger partial charge in [0, 0.05) is 17.8 Å². The van der Waals surface area contributed by atoms with Gasteiger partial charge in [0.05, 0.1) is 24.2 Å². The molecule has 0 amide bonds. The maximum Gasteiger partial charge on any atom is 0.280 e. The number of carbonyl (C=O) groups is 1. The molecule has 0 fully saturated rings. The molecule has 3 heterocycles. The summed E-state index contributed by atoms with van der Waals surface area (Å²) >= 11 is 0. The smallest absolute Gasteiger partial charge is 0.280 e. The normalized spacial score (nSPS) is 10.8. The van der Waals surface area contributed by atoms with Gasteiger partial charge in [-0.1, -0.05) is 0 Å².